The largest absolute Gasteiger partial charge is 0.455 e. The molecule has 0 saturated carbocycles. The topological polar surface area (TPSA) is 146 Å². The molecule has 1 aliphatic rings. The van der Waals surface area contributed by atoms with E-state index in [1.165, 1.54) is 17.2 Å². The molecule has 1 fully saturated rings. The number of nitrogens with zero attached hydrogens (tertiary/aromatic N) is 4. The summed E-state index contributed by atoms with van der Waals surface area (Å²) >= 11 is 0. The molecule has 25 heavy (non-hydrogen) atoms. The minimum Gasteiger partial charge on any atom is -0.455 e. The molecule has 0 amide bonds. The number of unbranched alkanes of at least 4 members (excludes halogenated alkanes) is 1. The molecule has 1 saturated heterocycles. The first kappa shape index (κ1) is 17.5. The number of rotatable bonds is 6. The predicted octanol–water partition coefficient (Wildman–Crippen LogP) is -0.239. The predicted molar refractivity (Wildman–Crippen MR) is 86.1 cm³/mol. The van der Waals surface area contributed by atoms with Crippen LogP contribution in [-0.2, 0) is 14.3 Å². The van der Waals surface area contributed by atoms with Crippen molar-refractivity contribution in [1.82, 2.24) is 19.5 Å². The van der Waals surface area contributed by atoms with Crippen LogP contribution in [0.25, 0.3) is 11.2 Å². The number of carbonyl (C=O) groups excluding carboxylic acids is 1. The number of fused-ring (bicyclic) bond motifs is 1. The van der Waals surface area contributed by atoms with Gasteiger partial charge in [-0.2, -0.15) is 0 Å². The molecule has 4 atom stereocenters. The number of hydrogen-bond acceptors (Lipinski definition) is 9. The minimum absolute atomic E-state index is 0.206. The number of aromatic nitrogens is 4. The fourth-order valence-corrected chi connectivity index (χ4v) is 2.81. The van der Waals surface area contributed by atoms with Crippen molar-refractivity contribution in [3.05, 3.63) is 12.7 Å². The first-order valence-electron chi connectivity index (χ1n) is 8.13. The number of nitrogen functional groups attached to an aromatic ring is 1. The van der Waals surface area contributed by atoms with Gasteiger partial charge in [-0.25, -0.2) is 15.0 Å². The van der Waals surface area contributed by atoms with Gasteiger partial charge in [0.2, 0.25) is 0 Å². The molecular weight excluding hydrogens is 330 g/mol. The van der Waals surface area contributed by atoms with Gasteiger partial charge in [-0.05, 0) is 6.42 Å². The fraction of sp³-hybridized carbons (Fsp3) is 0.600. The highest BCUT2D eigenvalue weighted by molar-refractivity contribution is 5.81. The van der Waals surface area contributed by atoms with E-state index < -0.39 is 37.1 Å². The van der Waals surface area contributed by atoms with E-state index >= 15 is 0 Å². The molecule has 0 aliphatic carbocycles. The molecular formula is C15H21N5O5. The van der Waals surface area contributed by atoms with Crippen molar-refractivity contribution >= 4 is 23.0 Å². The van der Waals surface area contributed by atoms with Crippen LogP contribution in [0.15, 0.2) is 12.7 Å². The summed E-state index contributed by atoms with van der Waals surface area (Å²) in [5.74, 6) is -0.228. The van der Waals surface area contributed by atoms with Crippen molar-refractivity contribution in [2.24, 2.45) is 0 Å². The molecule has 0 radical (unpaired) electrons. The summed E-state index contributed by atoms with van der Waals surface area (Å²) in [5, 5.41) is 19.8. The number of anilines is 1. The number of carbonyl (C=O) groups is 1. The lowest BCUT2D eigenvalue weighted by atomic mass is 10.1. The van der Waals surface area contributed by atoms with Crippen molar-refractivity contribution in [3.63, 3.8) is 0 Å². The zero-order valence-electron chi connectivity index (χ0n) is 13.8. The molecule has 0 aromatic carbocycles. The lowest BCUT2D eigenvalue weighted by Crippen LogP contribution is -2.37. The smallest absolute Gasteiger partial charge is 0.306 e. The molecule has 0 spiro atoms. The van der Waals surface area contributed by atoms with Gasteiger partial charge in [0, 0.05) is 6.42 Å². The third-order valence-corrected chi connectivity index (χ3v) is 4.16. The van der Waals surface area contributed by atoms with Gasteiger partial charge in [0.15, 0.2) is 23.8 Å². The Labute approximate surface area is 143 Å². The summed E-state index contributed by atoms with van der Waals surface area (Å²) in [5.41, 5.74) is 6.54. The van der Waals surface area contributed by atoms with Crippen LogP contribution in [-0.4, -0.2) is 60.6 Å². The van der Waals surface area contributed by atoms with Crippen LogP contribution in [0.1, 0.15) is 32.4 Å². The van der Waals surface area contributed by atoms with Crippen LogP contribution in [0.2, 0.25) is 0 Å². The van der Waals surface area contributed by atoms with Gasteiger partial charge >= 0.3 is 5.97 Å². The Bertz CT molecular complexity index is 751. The Morgan fingerprint density at radius 2 is 2.24 bits per heavy atom. The van der Waals surface area contributed by atoms with Gasteiger partial charge in [-0.15, -0.1) is 0 Å². The van der Waals surface area contributed by atoms with E-state index in [4.69, 9.17) is 15.2 Å². The molecule has 10 heteroatoms. The summed E-state index contributed by atoms with van der Waals surface area (Å²) in [4.78, 5) is 24.2. The normalized spacial score (nSPS) is 26.2. The van der Waals surface area contributed by atoms with E-state index in [1.54, 1.807) is 0 Å². The van der Waals surface area contributed by atoms with E-state index in [2.05, 4.69) is 15.0 Å². The summed E-state index contributed by atoms with van der Waals surface area (Å²) in [6, 6.07) is 0. The molecule has 3 rings (SSSR count). The highest BCUT2D eigenvalue weighted by Gasteiger charge is 2.47. The third-order valence-electron chi connectivity index (χ3n) is 4.16. The van der Waals surface area contributed by atoms with E-state index in [0.29, 0.717) is 17.6 Å². The Hall–Kier alpha value is -2.30. The Balaban J connectivity index is 1.90. The highest BCUT2D eigenvalue weighted by atomic mass is 16.6. The maximum atomic E-state index is 12.0. The second-order valence-electron chi connectivity index (χ2n) is 5.88. The number of aliphatic hydroxyl groups is 2. The van der Waals surface area contributed by atoms with E-state index in [0.717, 1.165) is 6.42 Å². The molecule has 3 heterocycles. The molecule has 2 aromatic rings. The van der Waals surface area contributed by atoms with Crippen LogP contribution < -0.4 is 5.73 Å². The Kier molecular flexibility index (Phi) is 5.11. The van der Waals surface area contributed by atoms with Crippen molar-refractivity contribution < 1.29 is 24.5 Å². The van der Waals surface area contributed by atoms with Crippen LogP contribution in [0.4, 0.5) is 5.82 Å². The highest BCUT2D eigenvalue weighted by Crippen LogP contribution is 2.34. The lowest BCUT2D eigenvalue weighted by Gasteiger charge is -2.21. The van der Waals surface area contributed by atoms with Crippen molar-refractivity contribution in [1.29, 1.82) is 0 Å². The number of imidazole rings is 1. The van der Waals surface area contributed by atoms with Gasteiger partial charge < -0.3 is 25.4 Å². The van der Waals surface area contributed by atoms with Crippen molar-refractivity contribution in [2.75, 3.05) is 12.3 Å². The third kappa shape index (κ3) is 3.28. The molecule has 136 valence electrons. The number of aliphatic hydroxyl groups excluding tert-OH is 2. The summed E-state index contributed by atoms with van der Waals surface area (Å²) in [6.07, 6.45) is 0.580. The average Bonchev–Trinajstić information content (AvgIpc) is 3.16. The van der Waals surface area contributed by atoms with Gasteiger partial charge in [-0.1, -0.05) is 13.3 Å². The first-order valence-corrected chi connectivity index (χ1v) is 8.13. The molecule has 1 aliphatic heterocycles. The number of hydrogen-bond donors (Lipinski definition) is 3. The molecule has 0 bridgehead atoms. The Morgan fingerprint density at radius 3 is 2.96 bits per heavy atom. The summed E-state index contributed by atoms with van der Waals surface area (Å²) in [7, 11) is 0. The summed E-state index contributed by atoms with van der Waals surface area (Å²) < 4.78 is 12.6. The monoisotopic (exact) mass is 351 g/mol. The maximum Gasteiger partial charge on any atom is 0.306 e. The quantitative estimate of drug-likeness (QED) is 0.600. The number of nitrogens with two attached hydrogens (primary N) is 1. The molecule has 2 aromatic heterocycles. The van der Waals surface area contributed by atoms with Gasteiger partial charge in [-0.3, -0.25) is 9.36 Å². The van der Waals surface area contributed by atoms with E-state index in [-0.39, 0.29) is 12.2 Å². The zero-order valence-corrected chi connectivity index (χ0v) is 13.8. The first-order chi connectivity index (χ1) is 12.1. The minimum atomic E-state index is -1.17. The standard InChI is InChI=1S/C15H21N5O5/c1-2-3-4-9(22)25-12-11(23)8(5-21)24-15(12)20-7-19-10-13(16)17-6-18-14(10)20/h6-8,11-12,15,21,23H,2-5H2,1H3,(H2,16,17,18)/t8-,11-,12+,15-/m1/s1. The second-order valence-corrected chi connectivity index (χ2v) is 5.88. The Morgan fingerprint density at radius 1 is 1.44 bits per heavy atom. The van der Waals surface area contributed by atoms with Gasteiger partial charge in [0.25, 0.3) is 0 Å². The van der Waals surface area contributed by atoms with Gasteiger partial charge in [0.05, 0.1) is 12.9 Å². The fourth-order valence-electron chi connectivity index (χ4n) is 2.81. The second kappa shape index (κ2) is 7.30. The van der Waals surface area contributed by atoms with Crippen LogP contribution >= 0.6 is 0 Å². The van der Waals surface area contributed by atoms with Crippen molar-refractivity contribution in [3.8, 4) is 0 Å². The average molecular weight is 351 g/mol. The maximum absolute atomic E-state index is 12.0. The SMILES string of the molecule is CCCCC(=O)O[C@H]1[C@H](O)[C@@H](CO)O[C@H]1n1cnc2c(N)ncnc21. The molecule has 4 N–H and O–H groups in total. The zero-order chi connectivity index (χ0) is 18.0. The van der Waals surface area contributed by atoms with Crippen molar-refractivity contribution in [2.45, 2.75) is 50.7 Å². The lowest BCUT2D eigenvalue weighted by molar-refractivity contribution is -0.158. The van der Waals surface area contributed by atoms with Crippen LogP contribution in [0.3, 0.4) is 0 Å². The number of ether oxygens (including phenoxy) is 2. The number of esters is 1. The molecule has 10 nitrogen and oxygen atoms in total. The van der Waals surface area contributed by atoms with E-state index in [9.17, 15) is 15.0 Å². The van der Waals surface area contributed by atoms with Crippen LogP contribution in [0.5, 0.6) is 0 Å². The van der Waals surface area contributed by atoms with Crippen LogP contribution in [0, 0.1) is 0 Å². The van der Waals surface area contributed by atoms with E-state index in [1.807, 2.05) is 6.92 Å². The summed E-state index contributed by atoms with van der Waals surface area (Å²) in [6.45, 7) is 1.55. The van der Waals surface area contributed by atoms with Gasteiger partial charge in [0.1, 0.15) is 24.1 Å². The molecule has 0 unspecified atom stereocenters.